The van der Waals surface area contributed by atoms with E-state index in [0.717, 1.165) is 22.3 Å². The van der Waals surface area contributed by atoms with Crippen LogP contribution in [0.2, 0.25) is 0 Å². The Balaban J connectivity index is 1.45. The third-order valence-corrected chi connectivity index (χ3v) is 6.06. The molecule has 0 saturated heterocycles. The second-order valence-corrected chi connectivity index (χ2v) is 8.97. The zero-order valence-corrected chi connectivity index (χ0v) is 19.8. The van der Waals surface area contributed by atoms with Crippen molar-refractivity contribution in [1.82, 2.24) is 15.1 Å². The molecule has 3 N–H and O–H groups in total. The SMILES string of the molecule is CC(C)C[C@H](NC(=O)c1cnn(C)c1NC(=O)OCC1c2ccccc2-c2ccccc21)C(=O)O. The summed E-state index contributed by atoms with van der Waals surface area (Å²) in [5.41, 5.74) is 4.48. The maximum Gasteiger partial charge on any atom is 0.412 e. The molecule has 0 fully saturated rings. The van der Waals surface area contributed by atoms with Gasteiger partial charge < -0.3 is 15.2 Å². The van der Waals surface area contributed by atoms with Crippen LogP contribution in [0.5, 0.6) is 0 Å². The number of carbonyl (C=O) groups excluding carboxylic acids is 2. The number of ether oxygens (including phenoxy) is 1. The van der Waals surface area contributed by atoms with E-state index in [0.29, 0.717) is 0 Å². The fourth-order valence-electron chi connectivity index (χ4n) is 4.41. The highest BCUT2D eigenvalue weighted by molar-refractivity contribution is 6.02. The second kappa shape index (κ2) is 10.0. The molecule has 0 unspecified atom stereocenters. The lowest BCUT2D eigenvalue weighted by atomic mass is 9.98. The van der Waals surface area contributed by atoms with Crippen molar-refractivity contribution in [2.24, 2.45) is 13.0 Å². The minimum Gasteiger partial charge on any atom is -0.480 e. The van der Waals surface area contributed by atoms with Crippen molar-refractivity contribution in [2.45, 2.75) is 32.2 Å². The molecule has 4 rings (SSSR count). The number of aliphatic carboxylic acids is 1. The zero-order chi connectivity index (χ0) is 25.1. The molecule has 1 aliphatic carbocycles. The quantitative estimate of drug-likeness (QED) is 0.452. The third-order valence-electron chi connectivity index (χ3n) is 6.06. The number of hydrogen-bond acceptors (Lipinski definition) is 5. The number of carboxylic acid groups (broad SMARTS) is 1. The molecule has 9 nitrogen and oxygen atoms in total. The van der Waals surface area contributed by atoms with Crippen LogP contribution in [0, 0.1) is 5.92 Å². The number of nitrogens with one attached hydrogen (secondary N) is 2. The molecule has 0 aliphatic heterocycles. The van der Waals surface area contributed by atoms with Gasteiger partial charge in [0.1, 0.15) is 24.0 Å². The normalized spacial score (nSPS) is 13.1. The minimum atomic E-state index is -1.12. The molecule has 1 heterocycles. The van der Waals surface area contributed by atoms with Crippen LogP contribution in [0.1, 0.15) is 47.7 Å². The summed E-state index contributed by atoms with van der Waals surface area (Å²) in [6.45, 7) is 3.86. The highest BCUT2D eigenvalue weighted by Crippen LogP contribution is 2.44. The lowest BCUT2D eigenvalue weighted by molar-refractivity contribution is -0.139. The van der Waals surface area contributed by atoms with Crippen LogP contribution in [-0.4, -0.2) is 45.5 Å². The fourth-order valence-corrected chi connectivity index (χ4v) is 4.41. The predicted octanol–water partition coefficient (Wildman–Crippen LogP) is 4.01. The maximum atomic E-state index is 12.8. The van der Waals surface area contributed by atoms with Gasteiger partial charge in [-0.15, -0.1) is 0 Å². The van der Waals surface area contributed by atoms with Gasteiger partial charge in [0.05, 0.1) is 6.20 Å². The molecule has 0 radical (unpaired) electrons. The van der Waals surface area contributed by atoms with E-state index < -0.39 is 24.0 Å². The van der Waals surface area contributed by atoms with E-state index in [1.807, 2.05) is 50.2 Å². The van der Waals surface area contributed by atoms with Crippen LogP contribution in [0.15, 0.2) is 54.7 Å². The first-order valence-corrected chi connectivity index (χ1v) is 11.4. The van der Waals surface area contributed by atoms with Crippen molar-refractivity contribution in [3.8, 4) is 11.1 Å². The Bertz CT molecular complexity index is 1220. The van der Waals surface area contributed by atoms with Gasteiger partial charge in [0, 0.05) is 13.0 Å². The third kappa shape index (κ3) is 5.03. The minimum absolute atomic E-state index is 0.0519. The number of aromatic nitrogens is 2. The van der Waals surface area contributed by atoms with Crippen molar-refractivity contribution in [3.05, 3.63) is 71.4 Å². The summed E-state index contributed by atoms with van der Waals surface area (Å²) >= 11 is 0. The van der Waals surface area contributed by atoms with Crippen molar-refractivity contribution in [1.29, 1.82) is 0 Å². The molecule has 182 valence electrons. The summed E-state index contributed by atoms with van der Waals surface area (Å²) in [4.78, 5) is 37.0. The van der Waals surface area contributed by atoms with E-state index >= 15 is 0 Å². The number of fused-ring (bicyclic) bond motifs is 3. The Morgan fingerprint density at radius 1 is 1.06 bits per heavy atom. The molecule has 35 heavy (non-hydrogen) atoms. The van der Waals surface area contributed by atoms with Crippen LogP contribution in [-0.2, 0) is 16.6 Å². The molecule has 0 spiro atoms. The van der Waals surface area contributed by atoms with Gasteiger partial charge in [0.25, 0.3) is 5.91 Å². The fraction of sp³-hybridized carbons (Fsp3) is 0.308. The summed E-state index contributed by atoms with van der Waals surface area (Å²) in [5, 5.41) is 18.6. The molecule has 9 heteroatoms. The summed E-state index contributed by atoms with van der Waals surface area (Å²) in [7, 11) is 1.57. The average molecular weight is 477 g/mol. The highest BCUT2D eigenvalue weighted by Gasteiger charge is 2.30. The summed E-state index contributed by atoms with van der Waals surface area (Å²) in [6.07, 6.45) is 0.820. The Morgan fingerprint density at radius 3 is 2.23 bits per heavy atom. The number of hydrogen-bond donors (Lipinski definition) is 3. The molecule has 1 aromatic heterocycles. The zero-order valence-electron chi connectivity index (χ0n) is 19.8. The van der Waals surface area contributed by atoms with Crippen LogP contribution in [0.3, 0.4) is 0 Å². The first-order chi connectivity index (χ1) is 16.8. The van der Waals surface area contributed by atoms with Gasteiger partial charge in [0.15, 0.2) is 0 Å². The van der Waals surface area contributed by atoms with Crippen molar-refractivity contribution >= 4 is 23.8 Å². The lowest BCUT2D eigenvalue weighted by Crippen LogP contribution is -2.41. The molecule has 0 saturated carbocycles. The van der Waals surface area contributed by atoms with Gasteiger partial charge >= 0.3 is 12.1 Å². The van der Waals surface area contributed by atoms with Crippen molar-refractivity contribution in [3.63, 3.8) is 0 Å². The molecule has 2 amide bonds. The first-order valence-electron chi connectivity index (χ1n) is 11.4. The number of anilines is 1. The van der Waals surface area contributed by atoms with E-state index in [1.54, 1.807) is 7.05 Å². The number of aryl methyl sites for hydroxylation is 1. The van der Waals surface area contributed by atoms with Crippen LogP contribution < -0.4 is 10.6 Å². The topological polar surface area (TPSA) is 123 Å². The van der Waals surface area contributed by atoms with Gasteiger partial charge in [-0.25, -0.2) is 9.59 Å². The monoisotopic (exact) mass is 476 g/mol. The number of benzene rings is 2. The summed E-state index contributed by atoms with van der Waals surface area (Å²) < 4.78 is 6.89. The van der Waals surface area contributed by atoms with Gasteiger partial charge in [-0.1, -0.05) is 62.4 Å². The number of amides is 2. The maximum absolute atomic E-state index is 12.8. The van der Waals surface area contributed by atoms with Crippen molar-refractivity contribution < 1.29 is 24.2 Å². The Kier molecular flexibility index (Phi) is 6.86. The van der Waals surface area contributed by atoms with Gasteiger partial charge in [0.2, 0.25) is 0 Å². The largest absolute Gasteiger partial charge is 0.480 e. The molecule has 1 atom stereocenters. The lowest BCUT2D eigenvalue weighted by Gasteiger charge is -2.17. The predicted molar refractivity (Wildman–Crippen MR) is 130 cm³/mol. The Morgan fingerprint density at radius 2 is 1.66 bits per heavy atom. The Labute approximate surface area is 203 Å². The summed E-state index contributed by atoms with van der Waals surface area (Å²) in [5.74, 6) is -1.67. The van der Waals surface area contributed by atoms with Gasteiger partial charge in [-0.2, -0.15) is 5.10 Å². The number of nitrogens with zero attached hydrogens (tertiary/aromatic N) is 2. The van der Waals surface area contributed by atoms with E-state index in [-0.39, 0.29) is 36.2 Å². The molecular weight excluding hydrogens is 448 g/mol. The van der Waals surface area contributed by atoms with Crippen LogP contribution in [0.25, 0.3) is 11.1 Å². The van der Waals surface area contributed by atoms with Gasteiger partial charge in [-0.3, -0.25) is 14.8 Å². The smallest absolute Gasteiger partial charge is 0.412 e. The number of rotatable bonds is 8. The number of carbonyl (C=O) groups is 3. The van der Waals surface area contributed by atoms with Crippen LogP contribution in [0.4, 0.5) is 10.6 Å². The van der Waals surface area contributed by atoms with E-state index in [4.69, 9.17) is 4.74 Å². The molecule has 2 aromatic carbocycles. The van der Waals surface area contributed by atoms with Crippen LogP contribution >= 0.6 is 0 Å². The molecular formula is C26H28N4O5. The standard InChI is InChI=1S/C26H28N4O5/c1-15(2)12-22(25(32)33)28-24(31)20-13-27-30(3)23(20)29-26(34)35-14-21-18-10-6-4-8-16(18)17-9-5-7-11-19(17)21/h4-11,13,15,21-22H,12,14H2,1-3H3,(H,28,31)(H,29,34)(H,32,33)/t22-/m0/s1. The van der Waals surface area contributed by atoms with E-state index in [1.165, 1.54) is 10.9 Å². The second-order valence-electron chi connectivity index (χ2n) is 8.97. The summed E-state index contributed by atoms with van der Waals surface area (Å²) in [6, 6.07) is 15.0. The van der Waals surface area contributed by atoms with Crippen molar-refractivity contribution in [2.75, 3.05) is 11.9 Å². The molecule has 3 aromatic rings. The highest BCUT2D eigenvalue weighted by atomic mass is 16.5. The van der Waals surface area contributed by atoms with E-state index in [2.05, 4.69) is 27.9 Å². The van der Waals surface area contributed by atoms with E-state index in [9.17, 15) is 19.5 Å². The molecule has 1 aliphatic rings. The Hall–Kier alpha value is -4.14. The average Bonchev–Trinajstić information content (AvgIpc) is 3.34. The number of carboxylic acids is 1. The van der Waals surface area contributed by atoms with Gasteiger partial charge in [-0.05, 0) is 34.6 Å². The first kappa shape index (κ1) is 24.0. The molecule has 0 bridgehead atoms.